The molecule has 2 unspecified atom stereocenters. The van der Waals surface area contributed by atoms with Gasteiger partial charge >= 0.3 is 5.97 Å². The van der Waals surface area contributed by atoms with Crippen LogP contribution in [0, 0.1) is 11.8 Å². The molecule has 2 nitrogen and oxygen atoms in total. The third-order valence-electron chi connectivity index (χ3n) is 1.83. The fourth-order valence-electron chi connectivity index (χ4n) is 0.601. The van der Waals surface area contributed by atoms with Gasteiger partial charge in [-0.3, -0.25) is 4.79 Å². The first kappa shape index (κ1) is 11.4. The van der Waals surface area contributed by atoms with Gasteiger partial charge in [-0.1, -0.05) is 20.8 Å². The Bertz CT molecular complexity index is 143. The van der Waals surface area contributed by atoms with E-state index in [0.717, 1.165) is 0 Å². The van der Waals surface area contributed by atoms with Crippen LogP contribution >= 0.6 is 0 Å². The van der Waals surface area contributed by atoms with E-state index in [1.165, 1.54) is 6.92 Å². The lowest BCUT2D eigenvalue weighted by Crippen LogP contribution is -2.22. The van der Waals surface area contributed by atoms with Gasteiger partial charge in [-0.2, -0.15) is 0 Å². The van der Waals surface area contributed by atoms with Gasteiger partial charge in [0.15, 0.2) is 0 Å². The van der Waals surface area contributed by atoms with Crippen molar-refractivity contribution in [2.75, 3.05) is 6.61 Å². The van der Waals surface area contributed by atoms with Crippen LogP contribution in [0.2, 0.25) is 0 Å². The predicted molar refractivity (Wildman–Crippen MR) is 45.5 cm³/mol. The van der Waals surface area contributed by atoms with Crippen LogP contribution in [0.25, 0.3) is 0 Å². The average molecular weight is 176 g/mol. The van der Waals surface area contributed by atoms with E-state index in [0.29, 0.717) is 0 Å². The molecular formula is C9H17FO2. The molecule has 0 spiro atoms. The number of rotatable bonds is 4. The van der Waals surface area contributed by atoms with Crippen LogP contribution in [0.3, 0.4) is 0 Å². The van der Waals surface area contributed by atoms with E-state index in [1.807, 2.05) is 13.8 Å². The highest BCUT2D eigenvalue weighted by Crippen LogP contribution is 2.11. The average Bonchev–Trinajstić information content (AvgIpc) is 1.98. The Balaban J connectivity index is 3.72. The van der Waals surface area contributed by atoms with E-state index >= 15 is 0 Å². The summed E-state index contributed by atoms with van der Waals surface area (Å²) in [5.41, 5.74) is 0. The lowest BCUT2D eigenvalue weighted by atomic mass is 9.99. The Morgan fingerprint density at radius 1 is 1.33 bits per heavy atom. The maximum absolute atomic E-state index is 12.2. The summed E-state index contributed by atoms with van der Waals surface area (Å²) in [6.07, 6.45) is -1.08. The van der Waals surface area contributed by atoms with Crippen molar-refractivity contribution in [3.63, 3.8) is 0 Å². The zero-order chi connectivity index (χ0) is 9.72. The summed E-state index contributed by atoms with van der Waals surface area (Å²) < 4.78 is 17.0. The Morgan fingerprint density at radius 2 is 1.83 bits per heavy atom. The summed E-state index contributed by atoms with van der Waals surface area (Å²) in [5.74, 6) is -0.217. The van der Waals surface area contributed by atoms with Crippen LogP contribution < -0.4 is 0 Å². The Morgan fingerprint density at radius 3 is 2.17 bits per heavy atom. The van der Waals surface area contributed by atoms with Crippen molar-refractivity contribution >= 4 is 5.97 Å². The van der Waals surface area contributed by atoms with Crippen LogP contribution in [-0.4, -0.2) is 18.7 Å². The highest BCUT2D eigenvalue weighted by molar-refractivity contribution is 5.72. The summed E-state index contributed by atoms with van der Waals surface area (Å²) in [4.78, 5) is 11.1. The number of hydrogen-bond acceptors (Lipinski definition) is 2. The zero-order valence-electron chi connectivity index (χ0n) is 8.13. The molecule has 0 aromatic heterocycles. The number of esters is 1. The molecule has 0 aliphatic heterocycles. The van der Waals surface area contributed by atoms with E-state index in [4.69, 9.17) is 4.74 Å². The number of halogens is 1. The van der Waals surface area contributed by atoms with Gasteiger partial charge in [-0.15, -0.1) is 0 Å². The van der Waals surface area contributed by atoms with E-state index in [2.05, 4.69) is 0 Å². The molecule has 72 valence electrons. The molecule has 0 aromatic rings. The van der Waals surface area contributed by atoms with Crippen LogP contribution in [0.4, 0.5) is 4.39 Å². The summed E-state index contributed by atoms with van der Waals surface area (Å²) in [5, 5.41) is 0. The van der Waals surface area contributed by atoms with E-state index < -0.39 is 6.17 Å². The van der Waals surface area contributed by atoms with E-state index in [-0.39, 0.29) is 24.4 Å². The van der Waals surface area contributed by atoms with Gasteiger partial charge in [-0.25, -0.2) is 4.39 Å². The molecule has 2 atom stereocenters. The standard InChI is InChI=1S/C9H17FO2/c1-6(2)8(4)9(11)12-5-7(3)10/h6-8H,5H2,1-4H3. The maximum atomic E-state index is 12.2. The van der Waals surface area contributed by atoms with Gasteiger partial charge < -0.3 is 4.74 Å². The molecule has 0 aliphatic carbocycles. The second kappa shape index (κ2) is 5.12. The second-order valence-corrected chi connectivity index (χ2v) is 3.44. The quantitative estimate of drug-likeness (QED) is 0.614. The fourth-order valence-corrected chi connectivity index (χ4v) is 0.601. The van der Waals surface area contributed by atoms with Gasteiger partial charge in [-0.05, 0) is 12.8 Å². The summed E-state index contributed by atoms with van der Waals surface area (Å²) in [6, 6.07) is 0. The van der Waals surface area contributed by atoms with Crippen molar-refractivity contribution < 1.29 is 13.9 Å². The van der Waals surface area contributed by atoms with Gasteiger partial charge in [0.1, 0.15) is 12.8 Å². The molecule has 0 heterocycles. The first-order chi connectivity index (χ1) is 5.45. The molecule has 3 heteroatoms. The SMILES string of the molecule is CC(F)COC(=O)C(C)C(C)C. The number of hydrogen-bond donors (Lipinski definition) is 0. The van der Waals surface area contributed by atoms with Gasteiger partial charge in [0.25, 0.3) is 0 Å². The number of carbonyl (C=O) groups is 1. The van der Waals surface area contributed by atoms with Gasteiger partial charge in [0.2, 0.25) is 0 Å². The molecule has 0 aromatic carbocycles. The third-order valence-corrected chi connectivity index (χ3v) is 1.83. The Kier molecular flexibility index (Phi) is 4.86. The minimum atomic E-state index is -1.08. The fraction of sp³-hybridized carbons (Fsp3) is 0.889. The molecule has 0 amide bonds. The van der Waals surface area contributed by atoms with Crippen LogP contribution in [0.1, 0.15) is 27.7 Å². The molecule has 0 bridgehead atoms. The Labute approximate surface area is 73.1 Å². The summed E-state index contributed by atoms with van der Waals surface area (Å²) >= 11 is 0. The van der Waals surface area contributed by atoms with Crippen LogP contribution in [0.5, 0.6) is 0 Å². The van der Waals surface area contributed by atoms with Crippen molar-refractivity contribution in [1.29, 1.82) is 0 Å². The highest BCUT2D eigenvalue weighted by Gasteiger charge is 2.18. The molecule has 0 fully saturated rings. The van der Waals surface area contributed by atoms with Crippen molar-refractivity contribution in [3.8, 4) is 0 Å². The van der Waals surface area contributed by atoms with Crippen molar-refractivity contribution in [2.24, 2.45) is 11.8 Å². The van der Waals surface area contributed by atoms with Crippen molar-refractivity contribution in [1.82, 2.24) is 0 Å². The molecule has 12 heavy (non-hydrogen) atoms. The lowest BCUT2D eigenvalue weighted by molar-refractivity contribution is -0.150. The summed E-state index contributed by atoms with van der Waals surface area (Å²) in [7, 11) is 0. The smallest absolute Gasteiger partial charge is 0.309 e. The molecular weight excluding hydrogens is 159 g/mol. The topological polar surface area (TPSA) is 26.3 Å². The minimum Gasteiger partial charge on any atom is -0.462 e. The van der Waals surface area contributed by atoms with E-state index in [9.17, 15) is 9.18 Å². The largest absolute Gasteiger partial charge is 0.462 e. The van der Waals surface area contributed by atoms with Crippen molar-refractivity contribution in [3.05, 3.63) is 0 Å². The molecule has 0 saturated heterocycles. The second-order valence-electron chi connectivity index (χ2n) is 3.44. The lowest BCUT2D eigenvalue weighted by Gasteiger charge is -2.14. The van der Waals surface area contributed by atoms with Crippen molar-refractivity contribution in [2.45, 2.75) is 33.9 Å². The van der Waals surface area contributed by atoms with Crippen LogP contribution in [0.15, 0.2) is 0 Å². The number of ether oxygens (including phenoxy) is 1. The number of alkyl halides is 1. The molecule has 0 aliphatic rings. The third kappa shape index (κ3) is 4.31. The Hall–Kier alpha value is -0.600. The first-order valence-electron chi connectivity index (χ1n) is 4.25. The molecule has 0 radical (unpaired) electrons. The first-order valence-corrected chi connectivity index (χ1v) is 4.25. The highest BCUT2D eigenvalue weighted by atomic mass is 19.1. The normalized spacial score (nSPS) is 15.8. The molecule has 0 N–H and O–H groups in total. The minimum absolute atomic E-state index is 0.129. The van der Waals surface area contributed by atoms with E-state index in [1.54, 1.807) is 6.92 Å². The number of carbonyl (C=O) groups excluding carboxylic acids is 1. The monoisotopic (exact) mass is 176 g/mol. The molecule has 0 saturated carbocycles. The predicted octanol–water partition coefficient (Wildman–Crippen LogP) is 2.18. The summed E-state index contributed by atoms with van der Waals surface area (Å²) in [6.45, 7) is 6.90. The van der Waals surface area contributed by atoms with Gasteiger partial charge in [0.05, 0.1) is 5.92 Å². The zero-order valence-corrected chi connectivity index (χ0v) is 8.13. The molecule has 0 rings (SSSR count). The van der Waals surface area contributed by atoms with Crippen LogP contribution in [-0.2, 0) is 9.53 Å². The van der Waals surface area contributed by atoms with Gasteiger partial charge in [0, 0.05) is 0 Å². The maximum Gasteiger partial charge on any atom is 0.309 e.